The topological polar surface area (TPSA) is 79.1 Å². The molecule has 3 heterocycles. The van der Waals surface area contributed by atoms with Crippen molar-refractivity contribution in [2.24, 2.45) is 0 Å². The Balaban J connectivity index is 2.13. The quantitative estimate of drug-likeness (QED) is 0.398. The van der Waals surface area contributed by atoms with Crippen molar-refractivity contribution in [2.45, 2.75) is 45.1 Å². The van der Waals surface area contributed by atoms with Gasteiger partial charge in [-0.2, -0.15) is 5.10 Å². The Kier molecular flexibility index (Phi) is 6.74. The maximum atomic E-state index is 11.6. The largest absolute Gasteiger partial charge is 0.477 e. The molecule has 0 bridgehead atoms. The van der Waals surface area contributed by atoms with Crippen molar-refractivity contribution >= 4 is 28.8 Å². The molecule has 8 heteroatoms. The van der Waals surface area contributed by atoms with E-state index >= 15 is 0 Å². The van der Waals surface area contributed by atoms with Crippen LogP contribution in [0.4, 0.5) is 0 Å². The summed E-state index contributed by atoms with van der Waals surface area (Å²) in [6, 6.07) is 6.05. The molecule has 3 rings (SSSR count). The number of hydrogen-bond donors (Lipinski definition) is 0. The van der Waals surface area contributed by atoms with Crippen molar-refractivity contribution in [3.63, 3.8) is 0 Å². The molecule has 0 aliphatic rings. The molecular formula is C21H26N4O3S. The molecule has 3 aromatic rings. The fourth-order valence-electron chi connectivity index (χ4n) is 3.05. The van der Waals surface area contributed by atoms with Gasteiger partial charge in [0.2, 0.25) is 5.88 Å². The normalized spacial score (nSPS) is 11.2. The van der Waals surface area contributed by atoms with Gasteiger partial charge in [-0.1, -0.05) is 0 Å². The number of methoxy groups -OCH3 is 1. The molecule has 0 spiro atoms. The number of esters is 1. The van der Waals surface area contributed by atoms with E-state index in [4.69, 9.17) is 19.6 Å². The fraction of sp³-hybridized carbons (Fsp3) is 0.429. The lowest BCUT2D eigenvalue weighted by Gasteiger charge is -2.13. The highest BCUT2D eigenvalue weighted by Gasteiger charge is 2.19. The monoisotopic (exact) mass is 414 g/mol. The Morgan fingerprint density at radius 3 is 2.83 bits per heavy atom. The van der Waals surface area contributed by atoms with Crippen LogP contribution in [0.3, 0.4) is 0 Å². The Hall–Kier alpha value is -2.61. The zero-order chi connectivity index (χ0) is 21.0. The van der Waals surface area contributed by atoms with Crippen LogP contribution in [-0.2, 0) is 9.53 Å². The molecule has 0 aromatic carbocycles. The van der Waals surface area contributed by atoms with E-state index in [9.17, 15) is 4.79 Å². The Labute approximate surface area is 174 Å². The highest BCUT2D eigenvalue weighted by Crippen LogP contribution is 2.36. The summed E-state index contributed by atoms with van der Waals surface area (Å²) in [5, 5.41) is 4.71. The van der Waals surface area contributed by atoms with E-state index in [1.54, 1.807) is 18.0 Å². The van der Waals surface area contributed by atoms with Gasteiger partial charge >= 0.3 is 5.97 Å². The minimum atomic E-state index is -0.220. The first-order valence-corrected chi connectivity index (χ1v) is 10.6. The van der Waals surface area contributed by atoms with Gasteiger partial charge in [-0.25, -0.2) is 9.97 Å². The molecule has 154 valence electrons. The number of fused-ring (bicyclic) bond motifs is 1. The summed E-state index contributed by atoms with van der Waals surface area (Å²) in [5.41, 5.74) is 4.32. The summed E-state index contributed by atoms with van der Waals surface area (Å²) in [5.74, 6) is 0.947. The lowest BCUT2D eigenvalue weighted by Crippen LogP contribution is -2.05. The molecule has 0 N–H and O–H groups in total. The second-order valence-electron chi connectivity index (χ2n) is 6.79. The van der Waals surface area contributed by atoms with Crippen LogP contribution < -0.4 is 4.74 Å². The zero-order valence-corrected chi connectivity index (χ0v) is 18.2. The molecule has 0 unspecified atom stereocenters. The first kappa shape index (κ1) is 21.1. The highest BCUT2D eigenvalue weighted by molar-refractivity contribution is 7.99. The summed E-state index contributed by atoms with van der Waals surface area (Å²) in [4.78, 5) is 21.8. The molecule has 0 aliphatic carbocycles. The third-order valence-electron chi connectivity index (χ3n) is 4.40. The second-order valence-corrected chi connectivity index (χ2v) is 7.93. The van der Waals surface area contributed by atoms with Crippen molar-refractivity contribution < 1.29 is 14.3 Å². The highest BCUT2D eigenvalue weighted by atomic mass is 32.2. The number of aromatic nitrogens is 4. The number of thioether (sulfide) groups is 1. The summed E-state index contributed by atoms with van der Waals surface area (Å²) in [6.07, 6.45) is 2.05. The van der Waals surface area contributed by atoms with E-state index in [1.165, 1.54) is 7.11 Å². The maximum absolute atomic E-state index is 11.6. The van der Waals surface area contributed by atoms with Crippen LogP contribution >= 0.6 is 11.8 Å². The van der Waals surface area contributed by atoms with Crippen LogP contribution in [0.1, 0.15) is 38.9 Å². The van der Waals surface area contributed by atoms with Gasteiger partial charge in [-0.3, -0.25) is 9.48 Å². The van der Waals surface area contributed by atoms with E-state index in [2.05, 4.69) is 18.8 Å². The predicted octanol–water partition coefficient (Wildman–Crippen LogP) is 4.44. The smallest absolute Gasteiger partial charge is 0.306 e. The number of carbonyl (C=O) groups excluding carboxylic acids is 1. The van der Waals surface area contributed by atoms with Gasteiger partial charge in [0.25, 0.3) is 0 Å². The molecule has 0 aliphatic heterocycles. The van der Waals surface area contributed by atoms with Crippen LogP contribution in [0.25, 0.3) is 22.3 Å². The maximum Gasteiger partial charge on any atom is 0.306 e. The number of rotatable bonds is 8. The third-order valence-corrected chi connectivity index (χ3v) is 5.43. The minimum absolute atomic E-state index is 0.191. The standard InChI is InChI=1S/C21H26N4O3S/c1-6-28-21-15(8-7-10-22-21)16-12-17(29-11-9-18(26)27-5)20-19(23-16)14(4)24-25(20)13(2)3/h7-8,10,12-13H,6,9,11H2,1-5H3. The van der Waals surface area contributed by atoms with Gasteiger partial charge in [0, 0.05) is 22.9 Å². The van der Waals surface area contributed by atoms with Crippen molar-refractivity contribution in [1.82, 2.24) is 19.7 Å². The Morgan fingerprint density at radius 1 is 1.34 bits per heavy atom. The summed E-state index contributed by atoms with van der Waals surface area (Å²) >= 11 is 1.60. The van der Waals surface area contributed by atoms with E-state index in [0.717, 1.165) is 32.9 Å². The average molecular weight is 415 g/mol. The van der Waals surface area contributed by atoms with Gasteiger partial charge < -0.3 is 9.47 Å². The zero-order valence-electron chi connectivity index (χ0n) is 17.4. The van der Waals surface area contributed by atoms with E-state index in [-0.39, 0.29) is 12.0 Å². The first-order chi connectivity index (χ1) is 14.0. The number of nitrogens with zero attached hydrogens (tertiary/aromatic N) is 4. The van der Waals surface area contributed by atoms with E-state index in [0.29, 0.717) is 24.7 Å². The van der Waals surface area contributed by atoms with Gasteiger partial charge in [0.1, 0.15) is 11.0 Å². The second kappa shape index (κ2) is 9.26. The van der Waals surface area contributed by atoms with Crippen LogP contribution in [0.15, 0.2) is 29.3 Å². The number of pyridine rings is 2. The molecule has 0 fully saturated rings. The Bertz CT molecular complexity index is 1020. The van der Waals surface area contributed by atoms with Crippen LogP contribution in [0, 0.1) is 6.92 Å². The molecule has 0 saturated carbocycles. The van der Waals surface area contributed by atoms with Crippen molar-refractivity contribution in [1.29, 1.82) is 0 Å². The summed E-state index contributed by atoms with van der Waals surface area (Å²) in [7, 11) is 1.41. The SMILES string of the molecule is CCOc1ncccc1-c1cc(SCCC(=O)OC)c2c(n1)c(C)nn2C(C)C. The van der Waals surface area contributed by atoms with Crippen molar-refractivity contribution in [2.75, 3.05) is 19.5 Å². The van der Waals surface area contributed by atoms with E-state index < -0.39 is 0 Å². The first-order valence-electron chi connectivity index (χ1n) is 9.63. The summed E-state index contributed by atoms with van der Waals surface area (Å²) in [6.45, 7) is 8.61. The van der Waals surface area contributed by atoms with Crippen LogP contribution in [-0.4, -0.2) is 45.2 Å². The number of aryl methyl sites for hydroxylation is 1. The molecular weight excluding hydrogens is 388 g/mol. The van der Waals surface area contributed by atoms with Gasteiger partial charge in [-0.15, -0.1) is 11.8 Å². The molecule has 29 heavy (non-hydrogen) atoms. The molecule has 3 aromatic heterocycles. The van der Waals surface area contributed by atoms with Crippen molar-refractivity contribution in [3.8, 4) is 17.1 Å². The number of ether oxygens (including phenoxy) is 2. The number of carbonyl (C=O) groups is 1. The molecule has 0 atom stereocenters. The summed E-state index contributed by atoms with van der Waals surface area (Å²) < 4.78 is 12.5. The van der Waals surface area contributed by atoms with Gasteiger partial charge in [0.15, 0.2) is 0 Å². The third kappa shape index (κ3) is 4.53. The average Bonchev–Trinajstić information content (AvgIpc) is 3.05. The fourth-order valence-corrected chi connectivity index (χ4v) is 4.06. The van der Waals surface area contributed by atoms with Crippen LogP contribution in [0.5, 0.6) is 5.88 Å². The molecule has 0 saturated heterocycles. The van der Waals surface area contributed by atoms with E-state index in [1.807, 2.05) is 36.7 Å². The Morgan fingerprint density at radius 2 is 2.14 bits per heavy atom. The molecule has 7 nitrogen and oxygen atoms in total. The van der Waals surface area contributed by atoms with Crippen LogP contribution in [0.2, 0.25) is 0 Å². The molecule has 0 amide bonds. The van der Waals surface area contributed by atoms with Crippen molar-refractivity contribution in [3.05, 3.63) is 30.1 Å². The van der Waals surface area contributed by atoms with Gasteiger partial charge in [0.05, 0.1) is 37.1 Å². The molecule has 0 radical (unpaired) electrons. The number of hydrogen-bond acceptors (Lipinski definition) is 7. The predicted molar refractivity (Wildman–Crippen MR) is 114 cm³/mol. The lowest BCUT2D eigenvalue weighted by molar-refractivity contribution is -0.140. The lowest BCUT2D eigenvalue weighted by atomic mass is 10.1. The van der Waals surface area contributed by atoms with Gasteiger partial charge in [-0.05, 0) is 45.9 Å². The minimum Gasteiger partial charge on any atom is -0.477 e.